The van der Waals surface area contributed by atoms with Crippen LogP contribution in [0.4, 0.5) is 11.8 Å². The Balaban J connectivity index is 2.00. The normalized spacial score (nSPS) is 16.8. The lowest BCUT2D eigenvalue weighted by atomic mass is 10.2. The number of aliphatic hydroxyl groups excluding tert-OH is 1. The van der Waals surface area contributed by atoms with Gasteiger partial charge in [0.2, 0.25) is 5.95 Å². The van der Waals surface area contributed by atoms with Crippen LogP contribution in [0.25, 0.3) is 11.0 Å². The zero-order chi connectivity index (χ0) is 12.6. The molecule has 7 nitrogen and oxygen atoms in total. The summed E-state index contributed by atoms with van der Waals surface area (Å²) in [6.07, 6.45) is 3.62. The van der Waals surface area contributed by atoms with Crippen molar-refractivity contribution in [3.8, 4) is 0 Å². The SMILES string of the molecule is CCNc1nc(NC2(CO)CC2)c2cn[nH]c2n1. The van der Waals surface area contributed by atoms with Crippen molar-refractivity contribution >= 4 is 22.8 Å². The monoisotopic (exact) mass is 248 g/mol. The minimum atomic E-state index is -0.206. The van der Waals surface area contributed by atoms with Crippen LogP contribution in [0.5, 0.6) is 0 Å². The van der Waals surface area contributed by atoms with Gasteiger partial charge in [-0.1, -0.05) is 0 Å². The molecule has 0 aliphatic heterocycles. The number of aromatic nitrogens is 4. The summed E-state index contributed by atoms with van der Waals surface area (Å²) >= 11 is 0. The van der Waals surface area contributed by atoms with E-state index in [2.05, 4.69) is 30.8 Å². The van der Waals surface area contributed by atoms with Crippen LogP contribution in [0.15, 0.2) is 6.20 Å². The first kappa shape index (κ1) is 11.2. The zero-order valence-electron chi connectivity index (χ0n) is 10.2. The Morgan fingerprint density at radius 2 is 2.28 bits per heavy atom. The van der Waals surface area contributed by atoms with E-state index in [1.807, 2.05) is 6.92 Å². The first-order chi connectivity index (χ1) is 8.76. The van der Waals surface area contributed by atoms with E-state index < -0.39 is 0 Å². The number of nitrogens with one attached hydrogen (secondary N) is 3. The molecule has 2 aromatic rings. The summed E-state index contributed by atoms with van der Waals surface area (Å²) in [5.41, 5.74) is 0.486. The van der Waals surface area contributed by atoms with Crippen LogP contribution in [0.2, 0.25) is 0 Å². The Morgan fingerprint density at radius 1 is 1.44 bits per heavy atom. The van der Waals surface area contributed by atoms with E-state index in [0.29, 0.717) is 11.6 Å². The first-order valence-corrected chi connectivity index (χ1v) is 6.10. The fourth-order valence-corrected chi connectivity index (χ4v) is 1.89. The van der Waals surface area contributed by atoms with Gasteiger partial charge in [0.05, 0.1) is 23.7 Å². The number of rotatable bonds is 5. The summed E-state index contributed by atoms with van der Waals surface area (Å²) in [6, 6.07) is 0. The number of H-pyrrole nitrogens is 1. The molecule has 1 saturated carbocycles. The van der Waals surface area contributed by atoms with Crippen LogP contribution in [-0.4, -0.2) is 44.0 Å². The van der Waals surface area contributed by atoms with Crippen molar-refractivity contribution < 1.29 is 5.11 Å². The molecule has 18 heavy (non-hydrogen) atoms. The quantitative estimate of drug-likeness (QED) is 0.622. The summed E-state index contributed by atoms with van der Waals surface area (Å²) in [5.74, 6) is 1.28. The molecule has 0 saturated heterocycles. The molecule has 1 fully saturated rings. The average molecular weight is 248 g/mol. The second-order valence-electron chi connectivity index (χ2n) is 4.62. The molecule has 0 radical (unpaired) electrons. The standard InChI is InChI=1S/C11H16N6O/c1-2-12-10-14-8(16-11(6-18)3-4-11)7-5-13-17-9(7)15-10/h5,18H,2-4,6H2,1H3,(H3,12,13,14,15,16,17). The zero-order valence-corrected chi connectivity index (χ0v) is 10.2. The molecule has 0 aromatic carbocycles. The fraction of sp³-hybridized carbons (Fsp3) is 0.545. The smallest absolute Gasteiger partial charge is 0.226 e. The highest BCUT2D eigenvalue weighted by molar-refractivity contribution is 5.87. The molecule has 0 amide bonds. The van der Waals surface area contributed by atoms with E-state index in [0.717, 1.165) is 30.6 Å². The number of hydrogen-bond acceptors (Lipinski definition) is 6. The fourth-order valence-electron chi connectivity index (χ4n) is 1.89. The lowest BCUT2D eigenvalue weighted by Crippen LogP contribution is -2.26. The van der Waals surface area contributed by atoms with Gasteiger partial charge in [-0.3, -0.25) is 5.10 Å². The summed E-state index contributed by atoms with van der Waals surface area (Å²) < 4.78 is 0. The van der Waals surface area contributed by atoms with Gasteiger partial charge in [0.15, 0.2) is 5.65 Å². The van der Waals surface area contributed by atoms with Gasteiger partial charge < -0.3 is 15.7 Å². The highest BCUT2D eigenvalue weighted by Crippen LogP contribution is 2.39. The number of anilines is 2. The molecule has 0 unspecified atom stereocenters. The molecule has 3 rings (SSSR count). The molecule has 1 aliphatic carbocycles. The maximum Gasteiger partial charge on any atom is 0.226 e. The van der Waals surface area contributed by atoms with E-state index in [4.69, 9.17) is 0 Å². The van der Waals surface area contributed by atoms with Gasteiger partial charge in [0.25, 0.3) is 0 Å². The summed E-state index contributed by atoms with van der Waals surface area (Å²) in [4.78, 5) is 8.75. The Morgan fingerprint density at radius 3 is 2.94 bits per heavy atom. The van der Waals surface area contributed by atoms with Crippen molar-refractivity contribution in [2.24, 2.45) is 0 Å². The topological polar surface area (TPSA) is 98.8 Å². The molecule has 96 valence electrons. The molecule has 4 N–H and O–H groups in total. The van der Waals surface area contributed by atoms with Gasteiger partial charge >= 0.3 is 0 Å². The number of aliphatic hydroxyl groups is 1. The third kappa shape index (κ3) is 1.86. The number of nitrogens with zero attached hydrogens (tertiary/aromatic N) is 3. The van der Waals surface area contributed by atoms with Gasteiger partial charge in [-0.05, 0) is 19.8 Å². The Kier molecular flexibility index (Phi) is 2.55. The molecule has 2 aromatic heterocycles. The second kappa shape index (κ2) is 4.09. The first-order valence-electron chi connectivity index (χ1n) is 6.10. The Bertz CT molecular complexity index is 562. The summed E-state index contributed by atoms with van der Waals surface area (Å²) in [6.45, 7) is 2.86. The predicted molar refractivity (Wildman–Crippen MR) is 68.5 cm³/mol. The lowest BCUT2D eigenvalue weighted by Gasteiger charge is -2.16. The molecule has 2 heterocycles. The van der Waals surface area contributed by atoms with E-state index in [9.17, 15) is 5.11 Å². The van der Waals surface area contributed by atoms with Crippen molar-refractivity contribution in [2.75, 3.05) is 23.8 Å². The van der Waals surface area contributed by atoms with E-state index in [1.54, 1.807) is 6.20 Å². The molecular weight excluding hydrogens is 232 g/mol. The second-order valence-corrected chi connectivity index (χ2v) is 4.62. The van der Waals surface area contributed by atoms with Crippen LogP contribution in [-0.2, 0) is 0 Å². The van der Waals surface area contributed by atoms with Crippen LogP contribution in [0.3, 0.4) is 0 Å². The summed E-state index contributed by atoms with van der Waals surface area (Å²) in [5, 5.41) is 23.4. The van der Waals surface area contributed by atoms with Crippen LogP contribution in [0.1, 0.15) is 19.8 Å². The summed E-state index contributed by atoms with van der Waals surface area (Å²) in [7, 11) is 0. The molecule has 1 aliphatic rings. The molecule has 7 heteroatoms. The highest BCUT2D eigenvalue weighted by atomic mass is 16.3. The van der Waals surface area contributed by atoms with E-state index >= 15 is 0 Å². The third-order valence-electron chi connectivity index (χ3n) is 3.18. The maximum atomic E-state index is 9.37. The molecule has 0 atom stereocenters. The van der Waals surface area contributed by atoms with Gasteiger partial charge in [-0.15, -0.1) is 0 Å². The minimum Gasteiger partial charge on any atom is -0.394 e. The number of aromatic amines is 1. The van der Waals surface area contributed by atoms with Crippen molar-refractivity contribution in [3.05, 3.63) is 6.20 Å². The highest BCUT2D eigenvalue weighted by Gasteiger charge is 2.42. The van der Waals surface area contributed by atoms with E-state index in [-0.39, 0.29) is 12.1 Å². The molecule has 0 bridgehead atoms. The Hall–Kier alpha value is -1.89. The van der Waals surface area contributed by atoms with Gasteiger partial charge in [0.1, 0.15) is 5.82 Å². The number of fused-ring (bicyclic) bond motifs is 1. The van der Waals surface area contributed by atoms with Gasteiger partial charge in [-0.25, -0.2) is 0 Å². The lowest BCUT2D eigenvalue weighted by molar-refractivity contribution is 0.266. The average Bonchev–Trinajstić information content (AvgIpc) is 2.97. The third-order valence-corrected chi connectivity index (χ3v) is 3.18. The van der Waals surface area contributed by atoms with E-state index in [1.165, 1.54) is 0 Å². The predicted octanol–water partition coefficient (Wildman–Crippen LogP) is 0.721. The molecular formula is C11H16N6O. The van der Waals surface area contributed by atoms with Crippen molar-refractivity contribution in [1.29, 1.82) is 0 Å². The van der Waals surface area contributed by atoms with Gasteiger partial charge in [-0.2, -0.15) is 15.1 Å². The van der Waals surface area contributed by atoms with Crippen LogP contribution in [0, 0.1) is 0 Å². The molecule has 0 spiro atoms. The Labute approximate surface area is 104 Å². The van der Waals surface area contributed by atoms with Crippen molar-refractivity contribution in [3.63, 3.8) is 0 Å². The largest absolute Gasteiger partial charge is 0.394 e. The van der Waals surface area contributed by atoms with Crippen molar-refractivity contribution in [1.82, 2.24) is 20.2 Å². The van der Waals surface area contributed by atoms with Crippen molar-refractivity contribution in [2.45, 2.75) is 25.3 Å². The van der Waals surface area contributed by atoms with Crippen LogP contribution < -0.4 is 10.6 Å². The number of hydrogen-bond donors (Lipinski definition) is 4. The maximum absolute atomic E-state index is 9.37. The van der Waals surface area contributed by atoms with Crippen LogP contribution >= 0.6 is 0 Å². The van der Waals surface area contributed by atoms with Gasteiger partial charge in [0, 0.05) is 6.54 Å². The minimum absolute atomic E-state index is 0.118.